The van der Waals surface area contributed by atoms with Gasteiger partial charge in [-0.05, 0) is 43.4 Å². The minimum Gasteiger partial charge on any atom is -0.477 e. The van der Waals surface area contributed by atoms with Crippen LogP contribution in [0.2, 0.25) is 0 Å². The number of benzene rings is 1. The Labute approximate surface area is 174 Å². The predicted molar refractivity (Wildman–Crippen MR) is 108 cm³/mol. The predicted octanol–water partition coefficient (Wildman–Crippen LogP) is 6.08. The van der Waals surface area contributed by atoms with Crippen LogP contribution in [0.25, 0.3) is 0 Å². The van der Waals surface area contributed by atoms with E-state index >= 15 is 0 Å². The molecule has 0 unspecified atom stereocenters. The molecule has 0 aliphatic heterocycles. The van der Waals surface area contributed by atoms with Crippen molar-refractivity contribution < 1.29 is 23.1 Å². The standard InChI is InChI=1S/C19H20F3N3O2S2/c1-28-18-24-15(23-12-9-7-11(8-10-12)19(20,21)22)14(17(26)27)16(25-18)29-13-5-3-2-4-6-13/h7-10,13H,2-6H2,1H3,(H,26,27)(H,23,24,25). The fourth-order valence-electron chi connectivity index (χ4n) is 3.10. The van der Waals surface area contributed by atoms with Gasteiger partial charge in [-0.3, -0.25) is 0 Å². The zero-order valence-electron chi connectivity index (χ0n) is 15.6. The number of halogens is 3. The lowest BCUT2D eigenvalue weighted by Crippen LogP contribution is -2.13. The van der Waals surface area contributed by atoms with Crippen LogP contribution in [-0.4, -0.2) is 32.5 Å². The highest BCUT2D eigenvalue weighted by molar-refractivity contribution is 8.00. The minimum atomic E-state index is -4.44. The van der Waals surface area contributed by atoms with Crippen molar-refractivity contribution in [2.45, 2.75) is 53.7 Å². The van der Waals surface area contributed by atoms with Gasteiger partial charge in [0.25, 0.3) is 0 Å². The molecule has 10 heteroatoms. The normalized spacial score (nSPS) is 15.3. The fourth-order valence-corrected chi connectivity index (χ4v) is 4.85. The number of thioether (sulfide) groups is 2. The molecular weight excluding hydrogens is 423 g/mol. The maximum absolute atomic E-state index is 12.8. The zero-order chi connectivity index (χ0) is 21.0. The summed E-state index contributed by atoms with van der Waals surface area (Å²) in [7, 11) is 0. The van der Waals surface area contributed by atoms with Crippen molar-refractivity contribution in [3.05, 3.63) is 35.4 Å². The molecule has 2 aromatic rings. The highest BCUT2D eigenvalue weighted by Gasteiger charge is 2.30. The number of rotatable bonds is 6. The second-order valence-electron chi connectivity index (χ2n) is 6.62. The quantitative estimate of drug-likeness (QED) is 0.318. The van der Waals surface area contributed by atoms with Crippen molar-refractivity contribution in [2.75, 3.05) is 11.6 Å². The molecule has 1 saturated carbocycles. The number of hydrogen-bond donors (Lipinski definition) is 2. The first kappa shape index (κ1) is 21.8. The first-order chi connectivity index (χ1) is 13.8. The van der Waals surface area contributed by atoms with Crippen LogP contribution in [-0.2, 0) is 6.18 Å². The van der Waals surface area contributed by atoms with Gasteiger partial charge in [0.2, 0.25) is 0 Å². The van der Waals surface area contributed by atoms with E-state index in [1.807, 2.05) is 0 Å². The van der Waals surface area contributed by atoms with Crippen molar-refractivity contribution in [3.8, 4) is 0 Å². The number of carbonyl (C=O) groups is 1. The molecular formula is C19H20F3N3O2S2. The Balaban J connectivity index is 1.93. The second kappa shape index (κ2) is 9.25. The second-order valence-corrected chi connectivity index (χ2v) is 8.68. The molecule has 1 aliphatic rings. The molecule has 0 amide bonds. The monoisotopic (exact) mass is 443 g/mol. The van der Waals surface area contributed by atoms with E-state index in [1.54, 1.807) is 6.26 Å². The van der Waals surface area contributed by atoms with Crippen LogP contribution in [0, 0.1) is 0 Å². The highest BCUT2D eigenvalue weighted by atomic mass is 32.2. The van der Waals surface area contributed by atoms with E-state index in [-0.39, 0.29) is 11.4 Å². The van der Waals surface area contributed by atoms with E-state index in [4.69, 9.17) is 0 Å². The Bertz CT molecular complexity index is 870. The molecule has 0 saturated heterocycles. The number of carboxylic acids is 1. The van der Waals surface area contributed by atoms with Gasteiger partial charge >= 0.3 is 12.1 Å². The van der Waals surface area contributed by atoms with E-state index in [0.29, 0.717) is 21.1 Å². The lowest BCUT2D eigenvalue weighted by Gasteiger charge is -2.22. The minimum absolute atomic E-state index is 0.0572. The zero-order valence-corrected chi connectivity index (χ0v) is 17.3. The number of anilines is 2. The lowest BCUT2D eigenvalue weighted by molar-refractivity contribution is -0.137. The number of carboxylic acid groups (broad SMARTS) is 1. The smallest absolute Gasteiger partial charge is 0.416 e. The first-order valence-corrected chi connectivity index (χ1v) is 11.2. The highest BCUT2D eigenvalue weighted by Crippen LogP contribution is 2.37. The number of aromatic carboxylic acids is 1. The van der Waals surface area contributed by atoms with Crippen LogP contribution >= 0.6 is 23.5 Å². The number of nitrogens with one attached hydrogen (secondary N) is 1. The van der Waals surface area contributed by atoms with Crippen LogP contribution in [0.3, 0.4) is 0 Å². The van der Waals surface area contributed by atoms with Gasteiger partial charge < -0.3 is 10.4 Å². The third-order valence-electron chi connectivity index (χ3n) is 4.56. The van der Waals surface area contributed by atoms with Gasteiger partial charge in [-0.2, -0.15) is 13.2 Å². The van der Waals surface area contributed by atoms with E-state index in [1.165, 1.54) is 42.1 Å². The first-order valence-electron chi connectivity index (χ1n) is 9.08. The SMILES string of the molecule is CSc1nc(Nc2ccc(C(F)(F)F)cc2)c(C(=O)O)c(SC2CCCCC2)n1. The summed E-state index contributed by atoms with van der Waals surface area (Å²) in [5.74, 6) is -1.10. The third-order valence-corrected chi connectivity index (χ3v) is 6.43. The van der Waals surface area contributed by atoms with Gasteiger partial charge in [0, 0.05) is 10.9 Å². The van der Waals surface area contributed by atoms with Crippen LogP contribution in [0.4, 0.5) is 24.7 Å². The molecule has 1 aromatic carbocycles. The summed E-state index contributed by atoms with van der Waals surface area (Å²) in [5.41, 5.74) is -0.513. The Morgan fingerprint density at radius 3 is 2.34 bits per heavy atom. The Morgan fingerprint density at radius 2 is 1.79 bits per heavy atom. The molecule has 5 nitrogen and oxygen atoms in total. The fraction of sp³-hybridized carbons (Fsp3) is 0.421. The molecule has 1 aliphatic carbocycles. The summed E-state index contributed by atoms with van der Waals surface area (Å²) in [6, 6.07) is 4.39. The average Bonchev–Trinajstić information content (AvgIpc) is 2.68. The van der Waals surface area contributed by atoms with Crippen LogP contribution in [0.15, 0.2) is 34.4 Å². The summed E-state index contributed by atoms with van der Waals surface area (Å²) in [6.07, 6.45) is 2.76. The lowest BCUT2D eigenvalue weighted by atomic mass is 10.0. The molecule has 29 heavy (non-hydrogen) atoms. The summed E-state index contributed by atoms with van der Waals surface area (Å²) < 4.78 is 38.3. The van der Waals surface area contributed by atoms with Crippen molar-refractivity contribution >= 4 is 41.0 Å². The van der Waals surface area contributed by atoms with Gasteiger partial charge in [0.05, 0.1) is 5.56 Å². The molecule has 3 rings (SSSR count). The molecule has 1 fully saturated rings. The Hall–Kier alpha value is -1.94. The number of hydrogen-bond acceptors (Lipinski definition) is 6. The molecule has 156 valence electrons. The summed E-state index contributed by atoms with van der Waals surface area (Å²) in [6.45, 7) is 0. The summed E-state index contributed by atoms with van der Waals surface area (Å²) in [4.78, 5) is 20.6. The topological polar surface area (TPSA) is 75.1 Å². The Morgan fingerprint density at radius 1 is 1.14 bits per heavy atom. The molecule has 0 spiro atoms. The van der Waals surface area contributed by atoms with Gasteiger partial charge in [0.1, 0.15) is 10.6 Å². The van der Waals surface area contributed by atoms with Gasteiger partial charge in [-0.25, -0.2) is 14.8 Å². The maximum atomic E-state index is 12.8. The van der Waals surface area contributed by atoms with Crippen molar-refractivity contribution in [1.29, 1.82) is 0 Å². The van der Waals surface area contributed by atoms with E-state index in [0.717, 1.165) is 37.8 Å². The van der Waals surface area contributed by atoms with E-state index in [9.17, 15) is 23.1 Å². The largest absolute Gasteiger partial charge is 0.477 e. The van der Waals surface area contributed by atoms with Crippen LogP contribution in [0.5, 0.6) is 0 Å². The average molecular weight is 444 g/mol. The third kappa shape index (κ3) is 5.57. The van der Waals surface area contributed by atoms with Crippen LogP contribution < -0.4 is 5.32 Å². The van der Waals surface area contributed by atoms with Crippen LogP contribution in [0.1, 0.15) is 48.0 Å². The van der Waals surface area contributed by atoms with Crippen molar-refractivity contribution in [2.24, 2.45) is 0 Å². The van der Waals surface area contributed by atoms with Crippen molar-refractivity contribution in [1.82, 2.24) is 9.97 Å². The molecule has 1 heterocycles. The molecule has 2 N–H and O–H groups in total. The van der Waals surface area contributed by atoms with Crippen molar-refractivity contribution in [3.63, 3.8) is 0 Å². The van der Waals surface area contributed by atoms with Gasteiger partial charge in [0.15, 0.2) is 11.0 Å². The Kier molecular flexibility index (Phi) is 6.94. The summed E-state index contributed by atoms with van der Waals surface area (Å²) in [5, 5.41) is 13.7. The number of alkyl halides is 3. The van der Waals surface area contributed by atoms with Gasteiger partial charge in [-0.1, -0.05) is 31.0 Å². The molecule has 1 aromatic heterocycles. The molecule has 0 radical (unpaired) electrons. The molecule has 0 atom stereocenters. The summed E-state index contributed by atoms with van der Waals surface area (Å²) >= 11 is 2.72. The maximum Gasteiger partial charge on any atom is 0.416 e. The number of aromatic nitrogens is 2. The van der Waals surface area contributed by atoms with E-state index in [2.05, 4.69) is 15.3 Å². The van der Waals surface area contributed by atoms with Gasteiger partial charge in [-0.15, -0.1) is 11.8 Å². The van der Waals surface area contributed by atoms with E-state index < -0.39 is 17.7 Å². The molecule has 0 bridgehead atoms. The number of nitrogens with zero attached hydrogens (tertiary/aromatic N) is 2.